The predicted octanol–water partition coefficient (Wildman–Crippen LogP) is 3.29. The molecule has 1 aliphatic carbocycles. The van der Waals surface area contributed by atoms with E-state index in [4.69, 9.17) is 5.73 Å². The van der Waals surface area contributed by atoms with Crippen LogP contribution in [0, 0.1) is 0 Å². The molecule has 0 atom stereocenters. The fourth-order valence-electron chi connectivity index (χ4n) is 3.47. The van der Waals surface area contributed by atoms with Gasteiger partial charge in [-0.05, 0) is 35.4 Å². The summed E-state index contributed by atoms with van der Waals surface area (Å²) in [6.45, 7) is 0. The number of anilines is 1. The Labute approximate surface area is 160 Å². The zero-order valence-electron chi connectivity index (χ0n) is 14.7. The summed E-state index contributed by atoms with van der Waals surface area (Å²) >= 11 is 0. The summed E-state index contributed by atoms with van der Waals surface area (Å²) in [5.74, 6) is -0.539. The molecule has 0 spiro atoms. The minimum atomic E-state index is -0.284. The molecular weight excluding hydrogens is 352 g/mol. The van der Waals surface area contributed by atoms with Gasteiger partial charge < -0.3 is 5.73 Å². The average molecular weight is 366 g/mol. The van der Waals surface area contributed by atoms with E-state index in [-0.39, 0.29) is 23.0 Å². The van der Waals surface area contributed by atoms with Crippen molar-refractivity contribution in [2.75, 3.05) is 5.73 Å². The zero-order valence-corrected chi connectivity index (χ0v) is 14.7. The first-order valence-electron chi connectivity index (χ1n) is 8.74. The molecule has 3 aromatic carbocycles. The Morgan fingerprint density at radius 3 is 2.18 bits per heavy atom. The minimum Gasteiger partial charge on any atom is -0.399 e. The van der Waals surface area contributed by atoms with Crippen molar-refractivity contribution in [1.29, 1.82) is 0 Å². The van der Waals surface area contributed by atoms with E-state index >= 15 is 0 Å². The summed E-state index contributed by atoms with van der Waals surface area (Å²) in [6.07, 6.45) is 0. The number of ketones is 2. The average Bonchev–Trinajstić information content (AvgIpc) is 3.18. The molecule has 1 heterocycles. The van der Waals surface area contributed by atoms with E-state index in [1.54, 1.807) is 24.3 Å². The normalized spacial score (nSPS) is 12.6. The van der Waals surface area contributed by atoms with Gasteiger partial charge >= 0.3 is 0 Å². The van der Waals surface area contributed by atoms with Crippen LogP contribution >= 0.6 is 0 Å². The van der Waals surface area contributed by atoms with Crippen molar-refractivity contribution in [3.63, 3.8) is 0 Å². The number of fused-ring (bicyclic) bond motifs is 2. The number of nitrogens with two attached hydrogens (primary N) is 1. The van der Waals surface area contributed by atoms with Gasteiger partial charge in [-0.1, -0.05) is 53.7 Å². The van der Waals surface area contributed by atoms with E-state index in [1.165, 1.54) is 4.68 Å². The summed E-state index contributed by atoms with van der Waals surface area (Å²) in [4.78, 5) is 25.7. The number of hydrogen-bond acceptors (Lipinski definition) is 5. The molecule has 0 aliphatic heterocycles. The highest BCUT2D eigenvalue weighted by Crippen LogP contribution is 2.28. The van der Waals surface area contributed by atoms with Crippen molar-refractivity contribution in [2.45, 2.75) is 0 Å². The maximum absolute atomic E-state index is 13.0. The van der Waals surface area contributed by atoms with Crippen molar-refractivity contribution in [1.82, 2.24) is 15.0 Å². The second-order valence-electron chi connectivity index (χ2n) is 6.57. The number of nitrogen functional groups attached to an aromatic ring is 1. The van der Waals surface area contributed by atoms with Gasteiger partial charge in [0.05, 0.1) is 5.69 Å². The molecule has 4 aromatic rings. The van der Waals surface area contributed by atoms with E-state index in [2.05, 4.69) is 10.3 Å². The molecule has 0 bridgehead atoms. The number of carbonyl (C=O) groups is 2. The number of hydrogen-bond donors (Lipinski definition) is 1. The van der Waals surface area contributed by atoms with Crippen LogP contribution in [-0.2, 0) is 0 Å². The summed E-state index contributed by atoms with van der Waals surface area (Å²) in [5.41, 5.74) is 10.2. The lowest BCUT2D eigenvalue weighted by atomic mass is 9.90. The summed E-state index contributed by atoms with van der Waals surface area (Å²) in [6, 6.07) is 21.9. The van der Waals surface area contributed by atoms with Crippen molar-refractivity contribution >= 4 is 17.3 Å². The SMILES string of the molecule is Nc1cccc(-c2ccc(-n3nnc4c3C(=O)c3ccccc3C4=O)cc2)c1. The van der Waals surface area contributed by atoms with Crippen molar-refractivity contribution < 1.29 is 9.59 Å². The van der Waals surface area contributed by atoms with Crippen LogP contribution < -0.4 is 5.73 Å². The van der Waals surface area contributed by atoms with Crippen LogP contribution in [0.5, 0.6) is 0 Å². The Hall–Kier alpha value is -4.06. The van der Waals surface area contributed by atoms with E-state index in [1.807, 2.05) is 48.5 Å². The summed E-state index contributed by atoms with van der Waals surface area (Å²) in [7, 11) is 0. The number of benzene rings is 3. The Balaban J connectivity index is 1.58. The van der Waals surface area contributed by atoms with Crippen LogP contribution in [0.25, 0.3) is 16.8 Å². The van der Waals surface area contributed by atoms with Gasteiger partial charge in [-0.3, -0.25) is 9.59 Å². The predicted molar refractivity (Wildman–Crippen MR) is 105 cm³/mol. The summed E-state index contributed by atoms with van der Waals surface area (Å²) < 4.78 is 1.43. The van der Waals surface area contributed by atoms with Gasteiger partial charge in [-0.2, -0.15) is 0 Å². The van der Waals surface area contributed by atoms with Crippen LogP contribution in [0.2, 0.25) is 0 Å². The first-order chi connectivity index (χ1) is 13.6. The molecule has 6 heteroatoms. The van der Waals surface area contributed by atoms with E-state index in [9.17, 15) is 9.59 Å². The molecule has 6 nitrogen and oxygen atoms in total. The molecular formula is C22H14N4O2. The topological polar surface area (TPSA) is 90.9 Å². The smallest absolute Gasteiger partial charge is 0.216 e. The van der Waals surface area contributed by atoms with Crippen LogP contribution in [0.4, 0.5) is 5.69 Å². The lowest BCUT2D eigenvalue weighted by molar-refractivity contribution is 0.0972. The van der Waals surface area contributed by atoms with E-state index in [0.29, 0.717) is 22.5 Å². The second kappa shape index (κ2) is 5.99. The van der Waals surface area contributed by atoms with Crippen LogP contribution in [0.15, 0.2) is 72.8 Å². The monoisotopic (exact) mass is 366 g/mol. The fraction of sp³-hybridized carbons (Fsp3) is 0. The molecule has 0 saturated carbocycles. The maximum Gasteiger partial charge on any atom is 0.216 e. The van der Waals surface area contributed by atoms with E-state index in [0.717, 1.165) is 11.1 Å². The second-order valence-corrected chi connectivity index (χ2v) is 6.57. The standard InChI is InChI=1S/C22H14N4O2/c23-15-5-3-4-14(12-15)13-8-10-16(11-9-13)26-20-19(24-25-26)21(27)17-6-1-2-7-18(17)22(20)28/h1-12H,23H2. The molecule has 0 saturated heterocycles. The molecule has 0 fully saturated rings. The van der Waals surface area contributed by atoms with Gasteiger partial charge in [0.15, 0.2) is 5.69 Å². The fourth-order valence-corrected chi connectivity index (χ4v) is 3.47. The van der Waals surface area contributed by atoms with Crippen molar-refractivity contribution in [2.24, 2.45) is 0 Å². The molecule has 2 N–H and O–H groups in total. The third-order valence-electron chi connectivity index (χ3n) is 4.85. The quantitative estimate of drug-likeness (QED) is 0.484. The lowest BCUT2D eigenvalue weighted by Crippen LogP contribution is -2.22. The highest BCUT2D eigenvalue weighted by molar-refractivity contribution is 6.27. The Morgan fingerprint density at radius 1 is 0.750 bits per heavy atom. The first-order valence-corrected chi connectivity index (χ1v) is 8.74. The van der Waals surface area contributed by atoms with Crippen molar-refractivity contribution in [3.05, 3.63) is 95.3 Å². The Bertz CT molecular complexity index is 1260. The molecule has 28 heavy (non-hydrogen) atoms. The minimum absolute atomic E-state index is 0.0867. The number of nitrogens with zero attached hydrogens (tertiary/aromatic N) is 3. The molecule has 0 unspecified atom stereocenters. The Kier molecular flexibility index (Phi) is 3.45. The van der Waals surface area contributed by atoms with Gasteiger partial charge in [-0.15, -0.1) is 5.10 Å². The van der Waals surface area contributed by atoms with Crippen LogP contribution in [0.3, 0.4) is 0 Å². The first kappa shape index (κ1) is 16.1. The van der Waals surface area contributed by atoms with Gasteiger partial charge in [0, 0.05) is 16.8 Å². The molecule has 1 aromatic heterocycles. The van der Waals surface area contributed by atoms with Crippen LogP contribution in [-0.4, -0.2) is 26.6 Å². The molecule has 134 valence electrons. The van der Waals surface area contributed by atoms with Crippen LogP contribution in [0.1, 0.15) is 32.1 Å². The molecule has 5 rings (SSSR count). The lowest BCUT2D eigenvalue weighted by Gasteiger charge is -2.14. The number of rotatable bonds is 2. The highest BCUT2D eigenvalue weighted by atomic mass is 16.1. The Morgan fingerprint density at radius 2 is 1.46 bits per heavy atom. The number of carbonyl (C=O) groups excluding carboxylic acids is 2. The van der Waals surface area contributed by atoms with E-state index < -0.39 is 0 Å². The molecule has 0 amide bonds. The summed E-state index contributed by atoms with van der Waals surface area (Å²) in [5, 5.41) is 8.06. The van der Waals surface area contributed by atoms with Gasteiger partial charge in [-0.25, -0.2) is 4.68 Å². The van der Waals surface area contributed by atoms with Gasteiger partial charge in [0.1, 0.15) is 5.69 Å². The third kappa shape index (κ3) is 2.35. The maximum atomic E-state index is 13.0. The van der Waals surface area contributed by atoms with Gasteiger partial charge in [0.25, 0.3) is 0 Å². The van der Waals surface area contributed by atoms with Gasteiger partial charge in [0.2, 0.25) is 11.6 Å². The largest absolute Gasteiger partial charge is 0.399 e. The molecule has 0 radical (unpaired) electrons. The zero-order chi connectivity index (χ0) is 19.3. The van der Waals surface area contributed by atoms with Crippen molar-refractivity contribution in [3.8, 4) is 16.8 Å². The highest BCUT2D eigenvalue weighted by Gasteiger charge is 2.35. The third-order valence-corrected chi connectivity index (χ3v) is 4.85. The molecule has 1 aliphatic rings. The number of aromatic nitrogens is 3.